The molecule has 0 aliphatic carbocycles. The molecule has 0 atom stereocenters. The molecular formula is C33H57NO3Si4. The van der Waals surface area contributed by atoms with Crippen molar-refractivity contribution < 1.29 is 12.3 Å². The largest absolute Gasteiger partial charge is 0.436 e. The number of unbranched alkanes of at least 4 members (excludes halogenated alkanes) is 7. The Labute approximate surface area is 256 Å². The molecule has 0 heterocycles. The SMILES string of the molecule is CCCCCCCCCC[Si](C)(C)O[Si](C)(C)O[Si](C)(C)O[Si](C)(C)CCc1ccc(-c2ccc(C#N)cc2)cc1. The van der Waals surface area contributed by atoms with Crippen LogP contribution in [0.15, 0.2) is 48.5 Å². The molecule has 0 aromatic heterocycles. The van der Waals surface area contributed by atoms with E-state index in [0.717, 1.165) is 18.0 Å². The number of nitrogens with zero attached hydrogens (tertiary/aromatic N) is 1. The number of hydrogen-bond acceptors (Lipinski definition) is 4. The molecule has 2 rings (SSSR count). The molecule has 41 heavy (non-hydrogen) atoms. The van der Waals surface area contributed by atoms with E-state index in [-0.39, 0.29) is 0 Å². The summed E-state index contributed by atoms with van der Waals surface area (Å²) in [7, 11) is -8.33. The van der Waals surface area contributed by atoms with Crippen LogP contribution in [-0.2, 0) is 18.8 Å². The zero-order valence-electron chi connectivity index (χ0n) is 27.6. The fourth-order valence-corrected chi connectivity index (χ4v) is 25.1. The Bertz CT molecular complexity index is 1080. The standard InChI is InChI=1S/C33H57NO3Si4/c1-10-11-12-13-14-15-16-17-27-38(2,3)35-40(6,7)37-41(8,9)36-39(4,5)28-26-30-18-22-32(23-19-30)33-24-20-31(29-34)21-25-33/h18-25H,10-17,26-28H2,1-9H3. The average molecular weight is 628 g/mol. The molecule has 0 fully saturated rings. The first-order valence-corrected chi connectivity index (χ1v) is 27.7. The lowest BCUT2D eigenvalue weighted by molar-refractivity contribution is 0.327. The van der Waals surface area contributed by atoms with Crippen LogP contribution < -0.4 is 0 Å². The van der Waals surface area contributed by atoms with E-state index in [1.807, 2.05) is 24.3 Å². The van der Waals surface area contributed by atoms with Gasteiger partial charge in [-0.15, -0.1) is 0 Å². The minimum Gasteiger partial charge on any atom is -0.436 e. The second-order valence-electron chi connectivity index (χ2n) is 13.7. The summed E-state index contributed by atoms with van der Waals surface area (Å²) in [4.78, 5) is 0. The van der Waals surface area contributed by atoms with E-state index in [1.54, 1.807) is 0 Å². The Kier molecular flexibility index (Phi) is 14.4. The maximum absolute atomic E-state index is 9.03. The third kappa shape index (κ3) is 14.6. The van der Waals surface area contributed by atoms with E-state index in [9.17, 15) is 0 Å². The lowest BCUT2D eigenvalue weighted by Crippen LogP contribution is -2.56. The number of nitriles is 1. The monoisotopic (exact) mass is 627 g/mol. The second-order valence-corrected chi connectivity index (χ2v) is 29.8. The second kappa shape index (κ2) is 16.5. The molecule has 0 N–H and O–H groups in total. The molecule has 0 saturated carbocycles. The van der Waals surface area contributed by atoms with Gasteiger partial charge in [0.25, 0.3) is 0 Å². The Balaban J connectivity index is 1.81. The van der Waals surface area contributed by atoms with Crippen LogP contribution in [-0.4, -0.2) is 33.8 Å². The lowest BCUT2D eigenvalue weighted by atomic mass is 10.0. The van der Waals surface area contributed by atoms with Crippen molar-refractivity contribution >= 4 is 33.8 Å². The molecule has 0 aliphatic rings. The number of rotatable bonds is 19. The van der Waals surface area contributed by atoms with Gasteiger partial charge in [-0.25, -0.2) is 0 Å². The molecule has 0 spiro atoms. The van der Waals surface area contributed by atoms with Crippen molar-refractivity contribution in [1.29, 1.82) is 5.26 Å². The molecule has 0 aliphatic heterocycles. The van der Waals surface area contributed by atoms with Crippen LogP contribution in [0.1, 0.15) is 69.4 Å². The van der Waals surface area contributed by atoms with Gasteiger partial charge in [-0.2, -0.15) is 5.26 Å². The number of benzene rings is 2. The molecule has 0 unspecified atom stereocenters. The highest BCUT2D eigenvalue weighted by Crippen LogP contribution is 2.29. The third-order valence-corrected chi connectivity index (χ3v) is 22.8. The number of hydrogen-bond donors (Lipinski definition) is 0. The normalized spacial score (nSPS) is 12.9. The van der Waals surface area contributed by atoms with Gasteiger partial charge in [0, 0.05) is 0 Å². The van der Waals surface area contributed by atoms with Gasteiger partial charge in [0.1, 0.15) is 0 Å². The number of aryl methyl sites for hydroxylation is 1. The van der Waals surface area contributed by atoms with E-state index < -0.39 is 33.8 Å². The van der Waals surface area contributed by atoms with Crippen LogP contribution >= 0.6 is 0 Å². The van der Waals surface area contributed by atoms with E-state index in [2.05, 4.69) is 89.6 Å². The van der Waals surface area contributed by atoms with Crippen LogP contribution in [0.2, 0.25) is 64.5 Å². The van der Waals surface area contributed by atoms with Crippen molar-refractivity contribution in [2.45, 2.75) is 129 Å². The quantitative estimate of drug-likeness (QED) is 0.115. The Morgan fingerprint density at radius 2 is 1.00 bits per heavy atom. The molecule has 0 saturated heterocycles. The molecule has 8 heteroatoms. The first-order valence-electron chi connectivity index (χ1n) is 15.9. The van der Waals surface area contributed by atoms with Crippen LogP contribution in [0.5, 0.6) is 0 Å². The van der Waals surface area contributed by atoms with Crippen molar-refractivity contribution in [2.24, 2.45) is 0 Å². The first-order chi connectivity index (χ1) is 19.2. The topological polar surface area (TPSA) is 51.5 Å². The van der Waals surface area contributed by atoms with E-state index in [0.29, 0.717) is 5.56 Å². The van der Waals surface area contributed by atoms with Crippen molar-refractivity contribution in [3.05, 3.63) is 59.7 Å². The lowest BCUT2D eigenvalue weighted by Gasteiger charge is -2.41. The van der Waals surface area contributed by atoms with Crippen molar-refractivity contribution in [2.75, 3.05) is 0 Å². The van der Waals surface area contributed by atoms with Crippen LogP contribution in [0.3, 0.4) is 0 Å². The van der Waals surface area contributed by atoms with Gasteiger partial charge in [-0.3, -0.25) is 0 Å². The smallest absolute Gasteiger partial charge is 0.312 e. The molecule has 2 aromatic rings. The Hall–Kier alpha value is -1.32. The van der Waals surface area contributed by atoms with Gasteiger partial charge in [0.15, 0.2) is 16.6 Å². The van der Waals surface area contributed by atoms with E-state index in [1.165, 1.54) is 68.5 Å². The highest BCUT2D eigenvalue weighted by atomic mass is 28.5. The molecule has 228 valence electrons. The molecular weight excluding hydrogens is 571 g/mol. The van der Waals surface area contributed by atoms with E-state index >= 15 is 0 Å². The van der Waals surface area contributed by atoms with Crippen molar-refractivity contribution in [3.63, 3.8) is 0 Å². The summed E-state index contributed by atoms with van der Waals surface area (Å²) in [5, 5.41) is 9.03. The summed E-state index contributed by atoms with van der Waals surface area (Å²) >= 11 is 0. The molecule has 2 aromatic carbocycles. The van der Waals surface area contributed by atoms with Gasteiger partial charge in [0.2, 0.25) is 0 Å². The summed E-state index contributed by atoms with van der Waals surface area (Å²) in [5.41, 5.74) is 4.33. The molecule has 0 amide bonds. The summed E-state index contributed by atoms with van der Waals surface area (Å²) < 4.78 is 20.5. The molecule has 0 radical (unpaired) electrons. The van der Waals surface area contributed by atoms with Crippen LogP contribution in [0.4, 0.5) is 0 Å². The van der Waals surface area contributed by atoms with Crippen LogP contribution in [0.25, 0.3) is 11.1 Å². The fraction of sp³-hybridized carbons (Fsp3) is 0.606. The van der Waals surface area contributed by atoms with Crippen molar-refractivity contribution in [3.8, 4) is 17.2 Å². The summed E-state index contributed by atoms with van der Waals surface area (Å²) in [6, 6.07) is 21.0. The molecule has 4 nitrogen and oxygen atoms in total. The highest BCUT2D eigenvalue weighted by Gasteiger charge is 2.43. The summed E-state index contributed by atoms with van der Waals surface area (Å²) in [6.07, 6.45) is 11.9. The minimum absolute atomic E-state index is 0.690. The van der Waals surface area contributed by atoms with Gasteiger partial charge < -0.3 is 12.3 Å². The zero-order chi connectivity index (χ0) is 30.6. The highest BCUT2D eigenvalue weighted by molar-refractivity contribution is 6.89. The predicted molar refractivity (Wildman–Crippen MR) is 186 cm³/mol. The predicted octanol–water partition coefficient (Wildman–Crippen LogP) is 10.8. The average Bonchev–Trinajstić information content (AvgIpc) is 2.87. The fourth-order valence-electron chi connectivity index (χ4n) is 5.80. The van der Waals surface area contributed by atoms with Crippen LogP contribution in [0, 0.1) is 11.3 Å². The maximum atomic E-state index is 9.03. The molecule has 0 bridgehead atoms. The summed E-state index contributed by atoms with van der Waals surface area (Å²) in [6.45, 7) is 20.5. The Morgan fingerprint density at radius 3 is 1.49 bits per heavy atom. The van der Waals surface area contributed by atoms with Gasteiger partial charge in [0.05, 0.1) is 11.6 Å². The van der Waals surface area contributed by atoms with Gasteiger partial charge in [-0.05, 0) is 99.7 Å². The maximum Gasteiger partial charge on any atom is 0.312 e. The van der Waals surface area contributed by atoms with Gasteiger partial charge in [-0.1, -0.05) is 94.7 Å². The third-order valence-electron chi connectivity index (χ3n) is 7.49. The van der Waals surface area contributed by atoms with E-state index in [4.69, 9.17) is 17.6 Å². The first kappa shape index (κ1) is 35.9. The van der Waals surface area contributed by atoms with Crippen molar-refractivity contribution in [1.82, 2.24) is 0 Å². The van der Waals surface area contributed by atoms with Gasteiger partial charge >= 0.3 is 17.1 Å². The minimum atomic E-state index is -2.34. The summed E-state index contributed by atoms with van der Waals surface area (Å²) in [5.74, 6) is 0. The zero-order valence-corrected chi connectivity index (χ0v) is 31.6. The Morgan fingerprint density at radius 1 is 0.561 bits per heavy atom.